The van der Waals surface area contributed by atoms with E-state index in [0.717, 1.165) is 16.9 Å². The largest absolute Gasteiger partial charge is 0.493 e. The van der Waals surface area contributed by atoms with E-state index in [2.05, 4.69) is 0 Å². The molecule has 1 atom stereocenters. The first-order chi connectivity index (χ1) is 7.13. The Morgan fingerprint density at radius 1 is 1.47 bits per heavy atom. The van der Waals surface area contributed by atoms with Gasteiger partial charge < -0.3 is 15.6 Å². The molecule has 0 aliphatic heterocycles. The number of hydrogen-bond acceptors (Lipinski definition) is 3. The fraction of sp³-hybridized carbons (Fsp3) is 0.500. The highest BCUT2D eigenvalue weighted by Gasteiger charge is 2.02. The van der Waals surface area contributed by atoms with Crippen molar-refractivity contribution in [3.63, 3.8) is 0 Å². The van der Waals surface area contributed by atoms with E-state index >= 15 is 0 Å². The fourth-order valence-corrected chi connectivity index (χ4v) is 1.27. The monoisotopic (exact) mass is 209 g/mol. The molecule has 1 aromatic rings. The Kier molecular flexibility index (Phi) is 4.59. The van der Waals surface area contributed by atoms with E-state index in [1.807, 2.05) is 25.1 Å². The van der Waals surface area contributed by atoms with E-state index in [-0.39, 0.29) is 6.10 Å². The normalized spacial score (nSPS) is 12.5. The molecule has 0 amide bonds. The Morgan fingerprint density at radius 2 is 2.20 bits per heavy atom. The van der Waals surface area contributed by atoms with E-state index in [0.29, 0.717) is 19.6 Å². The van der Waals surface area contributed by atoms with Gasteiger partial charge in [-0.25, -0.2) is 0 Å². The zero-order valence-electron chi connectivity index (χ0n) is 9.36. The predicted molar refractivity (Wildman–Crippen MR) is 60.9 cm³/mol. The maximum absolute atomic E-state index is 9.10. The summed E-state index contributed by atoms with van der Waals surface area (Å²) in [7, 11) is 0. The number of aryl methyl sites for hydroxylation is 1. The van der Waals surface area contributed by atoms with E-state index < -0.39 is 0 Å². The minimum absolute atomic E-state index is 0.317. The van der Waals surface area contributed by atoms with Crippen molar-refractivity contribution >= 4 is 0 Å². The molecule has 0 radical (unpaired) electrons. The highest BCUT2D eigenvalue weighted by Crippen LogP contribution is 2.19. The summed E-state index contributed by atoms with van der Waals surface area (Å²) in [6.45, 7) is 4.81. The molecular weight excluding hydrogens is 190 g/mol. The quantitative estimate of drug-likeness (QED) is 0.774. The van der Waals surface area contributed by atoms with Crippen molar-refractivity contribution in [2.24, 2.45) is 5.73 Å². The van der Waals surface area contributed by atoms with Gasteiger partial charge in [0.2, 0.25) is 0 Å². The molecule has 1 unspecified atom stereocenters. The third-order valence-electron chi connectivity index (χ3n) is 2.28. The molecule has 0 aliphatic rings. The Labute approximate surface area is 90.9 Å². The molecular formula is C12H19NO2. The van der Waals surface area contributed by atoms with Crippen LogP contribution < -0.4 is 10.5 Å². The van der Waals surface area contributed by atoms with Crippen molar-refractivity contribution in [1.82, 2.24) is 0 Å². The van der Waals surface area contributed by atoms with Crippen LogP contribution in [0, 0.1) is 6.92 Å². The molecule has 0 saturated heterocycles. The zero-order chi connectivity index (χ0) is 11.3. The Bertz CT molecular complexity index is 310. The van der Waals surface area contributed by atoms with Crippen LogP contribution in [0.3, 0.4) is 0 Å². The summed E-state index contributed by atoms with van der Waals surface area (Å²) < 4.78 is 5.57. The van der Waals surface area contributed by atoms with Gasteiger partial charge in [-0.15, -0.1) is 0 Å². The van der Waals surface area contributed by atoms with Crippen molar-refractivity contribution in [2.75, 3.05) is 6.61 Å². The second-order valence-electron chi connectivity index (χ2n) is 3.79. The minimum atomic E-state index is -0.317. The highest BCUT2D eigenvalue weighted by molar-refractivity contribution is 5.36. The third-order valence-corrected chi connectivity index (χ3v) is 2.28. The van der Waals surface area contributed by atoms with Gasteiger partial charge in [0, 0.05) is 13.0 Å². The summed E-state index contributed by atoms with van der Waals surface area (Å²) in [5, 5.41) is 9.10. The molecule has 0 saturated carbocycles. The van der Waals surface area contributed by atoms with Crippen molar-refractivity contribution in [3.8, 4) is 5.75 Å². The first kappa shape index (κ1) is 12.0. The van der Waals surface area contributed by atoms with Crippen LogP contribution >= 0.6 is 0 Å². The van der Waals surface area contributed by atoms with Crippen LogP contribution in [0.1, 0.15) is 24.5 Å². The molecule has 3 nitrogen and oxygen atoms in total. The molecule has 1 rings (SSSR count). The second-order valence-corrected chi connectivity index (χ2v) is 3.79. The van der Waals surface area contributed by atoms with Gasteiger partial charge in [-0.2, -0.15) is 0 Å². The lowest BCUT2D eigenvalue weighted by atomic mass is 10.1. The second kappa shape index (κ2) is 5.73. The summed E-state index contributed by atoms with van der Waals surface area (Å²) in [5.74, 6) is 0.860. The van der Waals surface area contributed by atoms with Crippen LogP contribution in [0.2, 0.25) is 0 Å². The van der Waals surface area contributed by atoms with Crippen LogP contribution in [0.25, 0.3) is 0 Å². The standard InChI is InChI=1S/C12H19NO2/c1-9-3-4-11(8-13)7-12(9)15-6-5-10(2)14/h3-4,7,10,14H,5-6,8,13H2,1-2H3. The van der Waals surface area contributed by atoms with Crippen LogP contribution in [-0.4, -0.2) is 17.8 Å². The molecule has 0 fully saturated rings. The van der Waals surface area contributed by atoms with Gasteiger partial charge in [0.1, 0.15) is 5.75 Å². The molecule has 0 aromatic heterocycles. The molecule has 1 aromatic carbocycles. The SMILES string of the molecule is Cc1ccc(CN)cc1OCCC(C)O. The van der Waals surface area contributed by atoms with Crippen LogP contribution in [0.5, 0.6) is 5.75 Å². The first-order valence-electron chi connectivity index (χ1n) is 5.24. The average molecular weight is 209 g/mol. The summed E-state index contributed by atoms with van der Waals surface area (Å²) in [6, 6.07) is 5.95. The number of hydrogen-bond donors (Lipinski definition) is 2. The van der Waals surface area contributed by atoms with Gasteiger partial charge in [-0.05, 0) is 31.0 Å². The lowest BCUT2D eigenvalue weighted by Crippen LogP contribution is -2.08. The molecule has 0 aliphatic carbocycles. The van der Waals surface area contributed by atoms with Crippen molar-refractivity contribution in [1.29, 1.82) is 0 Å². The van der Waals surface area contributed by atoms with Gasteiger partial charge in [0.25, 0.3) is 0 Å². The highest BCUT2D eigenvalue weighted by atomic mass is 16.5. The number of rotatable bonds is 5. The predicted octanol–water partition coefficient (Wildman–Crippen LogP) is 1.60. The van der Waals surface area contributed by atoms with Gasteiger partial charge in [0.05, 0.1) is 12.7 Å². The lowest BCUT2D eigenvalue weighted by molar-refractivity contribution is 0.155. The van der Waals surface area contributed by atoms with Gasteiger partial charge in [-0.3, -0.25) is 0 Å². The third kappa shape index (κ3) is 3.90. The van der Waals surface area contributed by atoms with Gasteiger partial charge in [-0.1, -0.05) is 12.1 Å². The van der Waals surface area contributed by atoms with Crippen molar-refractivity contribution in [3.05, 3.63) is 29.3 Å². The molecule has 3 heteroatoms. The number of nitrogens with two attached hydrogens (primary N) is 1. The smallest absolute Gasteiger partial charge is 0.122 e. The maximum atomic E-state index is 9.10. The van der Waals surface area contributed by atoms with Crippen LogP contribution in [0.15, 0.2) is 18.2 Å². The first-order valence-corrected chi connectivity index (χ1v) is 5.24. The fourth-order valence-electron chi connectivity index (χ4n) is 1.27. The number of aliphatic hydroxyl groups excluding tert-OH is 1. The lowest BCUT2D eigenvalue weighted by Gasteiger charge is -2.11. The molecule has 0 bridgehead atoms. The Hall–Kier alpha value is -1.06. The minimum Gasteiger partial charge on any atom is -0.493 e. The maximum Gasteiger partial charge on any atom is 0.122 e. The van der Waals surface area contributed by atoms with E-state index in [9.17, 15) is 0 Å². The summed E-state index contributed by atoms with van der Waals surface area (Å²) in [4.78, 5) is 0. The molecule has 84 valence electrons. The Balaban J connectivity index is 2.59. The molecule has 0 heterocycles. The summed E-state index contributed by atoms with van der Waals surface area (Å²) in [5.41, 5.74) is 7.71. The van der Waals surface area contributed by atoms with E-state index in [4.69, 9.17) is 15.6 Å². The number of ether oxygens (including phenoxy) is 1. The topological polar surface area (TPSA) is 55.5 Å². The van der Waals surface area contributed by atoms with Crippen molar-refractivity contribution in [2.45, 2.75) is 32.9 Å². The van der Waals surface area contributed by atoms with E-state index in [1.165, 1.54) is 0 Å². The van der Waals surface area contributed by atoms with Crippen molar-refractivity contribution < 1.29 is 9.84 Å². The van der Waals surface area contributed by atoms with Crippen LogP contribution in [0.4, 0.5) is 0 Å². The Morgan fingerprint density at radius 3 is 2.80 bits per heavy atom. The number of aliphatic hydroxyl groups is 1. The van der Waals surface area contributed by atoms with Crippen LogP contribution in [-0.2, 0) is 6.54 Å². The zero-order valence-corrected chi connectivity index (χ0v) is 9.36. The van der Waals surface area contributed by atoms with Gasteiger partial charge in [0.15, 0.2) is 0 Å². The average Bonchev–Trinajstić information content (AvgIpc) is 2.20. The summed E-state index contributed by atoms with van der Waals surface area (Å²) in [6.07, 6.45) is 0.328. The summed E-state index contributed by atoms with van der Waals surface area (Å²) >= 11 is 0. The van der Waals surface area contributed by atoms with E-state index in [1.54, 1.807) is 6.92 Å². The van der Waals surface area contributed by atoms with Gasteiger partial charge >= 0.3 is 0 Å². The molecule has 3 N–H and O–H groups in total. The number of benzene rings is 1. The molecule has 0 spiro atoms. The molecule has 15 heavy (non-hydrogen) atoms.